The molecule has 2 amide bonds. The van der Waals surface area contributed by atoms with Crippen LogP contribution in [-0.2, 0) is 6.54 Å². The first-order valence-electron chi connectivity index (χ1n) is 6.04. The van der Waals surface area contributed by atoms with Gasteiger partial charge in [-0.15, -0.1) is 0 Å². The van der Waals surface area contributed by atoms with Gasteiger partial charge in [-0.2, -0.15) is 0 Å². The maximum absolute atomic E-state index is 11.8. The minimum absolute atomic E-state index is 0.0169. The van der Waals surface area contributed by atoms with Crippen LogP contribution in [0.5, 0.6) is 0 Å². The number of hydrogen-bond acceptors (Lipinski definition) is 2. The van der Waals surface area contributed by atoms with Crippen LogP contribution in [-0.4, -0.2) is 24.0 Å². The minimum Gasteiger partial charge on any atom is -0.399 e. The van der Waals surface area contributed by atoms with Crippen LogP contribution in [0.25, 0.3) is 0 Å². The molecule has 0 aliphatic heterocycles. The number of urea groups is 1. The fourth-order valence-corrected chi connectivity index (χ4v) is 1.58. The van der Waals surface area contributed by atoms with E-state index in [1.165, 1.54) is 0 Å². The van der Waals surface area contributed by atoms with Gasteiger partial charge in [0.05, 0.1) is 0 Å². The molecule has 0 atom stereocenters. The molecule has 4 nitrogen and oxygen atoms in total. The Morgan fingerprint density at radius 3 is 2.76 bits per heavy atom. The number of nitrogens with zero attached hydrogens (tertiary/aromatic N) is 1. The summed E-state index contributed by atoms with van der Waals surface area (Å²) < 4.78 is 0. The van der Waals surface area contributed by atoms with Crippen molar-refractivity contribution in [3.8, 4) is 0 Å². The molecule has 94 valence electrons. The van der Waals surface area contributed by atoms with Gasteiger partial charge in [-0.3, -0.25) is 0 Å². The molecule has 3 N–H and O–H groups in total. The number of amides is 2. The van der Waals surface area contributed by atoms with Gasteiger partial charge >= 0.3 is 6.03 Å². The van der Waals surface area contributed by atoms with E-state index in [1.807, 2.05) is 38.1 Å². The molecule has 0 heterocycles. The van der Waals surface area contributed by atoms with Crippen LogP contribution in [0, 0.1) is 0 Å². The van der Waals surface area contributed by atoms with Gasteiger partial charge in [0.1, 0.15) is 0 Å². The second kappa shape index (κ2) is 6.78. The van der Waals surface area contributed by atoms with Crippen LogP contribution in [0.3, 0.4) is 0 Å². The maximum Gasteiger partial charge on any atom is 0.317 e. The number of carbonyl (C=O) groups is 1. The third-order valence-electron chi connectivity index (χ3n) is 2.52. The predicted octanol–water partition coefficient (Wildman–Crippen LogP) is 2.21. The van der Waals surface area contributed by atoms with Gasteiger partial charge in [-0.1, -0.05) is 19.1 Å². The quantitative estimate of drug-likeness (QED) is 0.769. The summed E-state index contributed by atoms with van der Waals surface area (Å²) in [6.45, 7) is 6.00. The Morgan fingerprint density at radius 2 is 2.18 bits per heavy atom. The molecule has 0 unspecified atom stereocenters. The highest BCUT2D eigenvalue weighted by Gasteiger charge is 2.10. The Labute approximate surface area is 103 Å². The summed E-state index contributed by atoms with van der Waals surface area (Å²) in [7, 11) is 0. The topological polar surface area (TPSA) is 58.4 Å². The summed E-state index contributed by atoms with van der Waals surface area (Å²) >= 11 is 0. The number of carbonyl (C=O) groups excluding carboxylic acids is 1. The highest BCUT2D eigenvalue weighted by molar-refractivity contribution is 5.74. The Kier molecular flexibility index (Phi) is 5.33. The third-order valence-corrected chi connectivity index (χ3v) is 2.52. The van der Waals surface area contributed by atoms with E-state index >= 15 is 0 Å². The standard InChI is InChI=1S/C13H21N3O/c1-3-8-15-13(17)16(4-2)10-11-6-5-7-12(14)9-11/h5-7,9H,3-4,8,10,14H2,1-2H3,(H,15,17). The molecule has 0 fully saturated rings. The molecule has 0 aliphatic carbocycles. The van der Waals surface area contributed by atoms with Crippen LogP contribution in [0.2, 0.25) is 0 Å². The average Bonchev–Trinajstić information content (AvgIpc) is 2.33. The van der Waals surface area contributed by atoms with E-state index in [0.717, 1.165) is 17.7 Å². The molecule has 1 rings (SSSR count). The van der Waals surface area contributed by atoms with E-state index in [4.69, 9.17) is 5.73 Å². The van der Waals surface area contributed by atoms with Gasteiger partial charge in [0.2, 0.25) is 0 Å². The highest BCUT2D eigenvalue weighted by Crippen LogP contribution is 2.09. The van der Waals surface area contributed by atoms with Crippen molar-refractivity contribution in [1.82, 2.24) is 10.2 Å². The lowest BCUT2D eigenvalue weighted by atomic mass is 10.2. The van der Waals surface area contributed by atoms with Gasteiger partial charge in [0, 0.05) is 25.3 Å². The van der Waals surface area contributed by atoms with Gasteiger partial charge in [0.25, 0.3) is 0 Å². The van der Waals surface area contributed by atoms with Crippen LogP contribution in [0.1, 0.15) is 25.8 Å². The molecule has 17 heavy (non-hydrogen) atoms. The number of rotatable bonds is 5. The lowest BCUT2D eigenvalue weighted by Crippen LogP contribution is -2.39. The first-order chi connectivity index (χ1) is 8.17. The average molecular weight is 235 g/mol. The zero-order valence-electron chi connectivity index (χ0n) is 10.6. The molecule has 0 spiro atoms. The predicted molar refractivity (Wildman–Crippen MR) is 70.6 cm³/mol. The molecular weight excluding hydrogens is 214 g/mol. The molecule has 0 aliphatic rings. The molecule has 0 bridgehead atoms. The fourth-order valence-electron chi connectivity index (χ4n) is 1.58. The van der Waals surface area contributed by atoms with Crippen LogP contribution in [0.15, 0.2) is 24.3 Å². The summed E-state index contributed by atoms with van der Waals surface area (Å²) in [5, 5.41) is 2.87. The molecule has 0 saturated carbocycles. The lowest BCUT2D eigenvalue weighted by Gasteiger charge is -2.21. The Bertz CT molecular complexity index is 365. The van der Waals surface area contributed by atoms with Gasteiger partial charge < -0.3 is 16.0 Å². The van der Waals surface area contributed by atoms with E-state index in [9.17, 15) is 4.79 Å². The van der Waals surface area contributed by atoms with E-state index in [-0.39, 0.29) is 6.03 Å². The Hall–Kier alpha value is -1.71. The number of nitrogens with two attached hydrogens (primary N) is 1. The summed E-state index contributed by atoms with van der Waals surface area (Å²) in [5.41, 5.74) is 7.50. The summed E-state index contributed by atoms with van der Waals surface area (Å²) in [6.07, 6.45) is 0.946. The third kappa shape index (κ3) is 4.34. The molecular formula is C13H21N3O. The van der Waals surface area contributed by atoms with Gasteiger partial charge in [-0.05, 0) is 31.0 Å². The normalized spacial score (nSPS) is 10.0. The van der Waals surface area contributed by atoms with Crippen LogP contribution >= 0.6 is 0 Å². The number of nitrogens with one attached hydrogen (secondary N) is 1. The van der Waals surface area contributed by atoms with Crippen molar-refractivity contribution in [3.05, 3.63) is 29.8 Å². The van der Waals surface area contributed by atoms with Crippen molar-refractivity contribution in [3.63, 3.8) is 0 Å². The summed E-state index contributed by atoms with van der Waals surface area (Å²) in [5.74, 6) is 0. The molecule has 0 aromatic heterocycles. The van der Waals surface area contributed by atoms with E-state index in [1.54, 1.807) is 4.90 Å². The van der Waals surface area contributed by atoms with Crippen LogP contribution in [0.4, 0.5) is 10.5 Å². The summed E-state index contributed by atoms with van der Waals surface area (Å²) in [4.78, 5) is 13.6. The van der Waals surface area contributed by atoms with E-state index < -0.39 is 0 Å². The molecule has 0 radical (unpaired) electrons. The van der Waals surface area contributed by atoms with Crippen molar-refractivity contribution in [2.45, 2.75) is 26.8 Å². The maximum atomic E-state index is 11.8. The molecule has 1 aromatic carbocycles. The highest BCUT2D eigenvalue weighted by atomic mass is 16.2. The van der Waals surface area contributed by atoms with Crippen molar-refractivity contribution >= 4 is 11.7 Å². The molecule has 1 aromatic rings. The first kappa shape index (κ1) is 13.4. The molecule has 0 saturated heterocycles. The smallest absolute Gasteiger partial charge is 0.317 e. The summed E-state index contributed by atoms with van der Waals surface area (Å²) in [6, 6.07) is 7.61. The van der Waals surface area contributed by atoms with Crippen LogP contribution < -0.4 is 11.1 Å². The number of anilines is 1. The largest absolute Gasteiger partial charge is 0.399 e. The van der Waals surface area contributed by atoms with Gasteiger partial charge in [0.15, 0.2) is 0 Å². The monoisotopic (exact) mass is 235 g/mol. The second-order valence-corrected chi connectivity index (χ2v) is 3.99. The molecule has 4 heteroatoms. The Balaban J connectivity index is 2.60. The zero-order valence-corrected chi connectivity index (χ0v) is 10.6. The van der Waals surface area contributed by atoms with E-state index in [0.29, 0.717) is 19.6 Å². The number of hydrogen-bond donors (Lipinski definition) is 2. The second-order valence-electron chi connectivity index (χ2n) is 3.99. The number of nitrogen functional groups attached to an aromatic ring is 1. The fraction of sp³-hybridized carbons (Fsp3) is 0.462. The van der Waals surface area contributed by atoms with Crippen molar-refractivity contribution in [2.75, 3.05) is 18.8 Å². The Morgan fingerprint density at radius 1 is 1.41 bits per heavy atom. The number of benzene rings is 1. The van der Waals surface area contributed by atoms with Crippen molar-refractivity contribution < 1.29 is 4.79 Å². The lowest BCUT2D eigenvalue weighted by molar-refractivity contribution is 0.198. The minimum atomic E-state index is -0.0169. The van der Waals surface area contributed by atoms with Crippen molar-refractivity contribution in [2.24, 2.45) is 0 Å². The zero-order chi connectivity index (χ0) is 12.7. The van der Waals surface area contributed by atoms with Gasteiger partial charge in [-0.25, -0.2) is 4.79 Å². The SMILES string of the molecule is CCCNC(=O)N(CC)Cc1cccc(N)c1. The van der Waals surface area contributed by atoms with E-state index in [2.05, 4.69) is 5.32 Å². The first-order valence-corrected chi connectivity index (χ1v) is 6.04. The van der Waals surface area contributed by atoms with Crippen molar-refractivity contribution in [1.29, 1.82) is 0 Å².